The highest BCUT2D eigenvalue weighted by Crippen LogP contribution is 2.09. The molecular weight excluding hydrogens is 240 g/mol. The van der Waals surface area contributed by atoms with Crippen LogP contribution in [-0.2, 0) is 9.53 Å². The van der Waals surface area contributed by atoms with E-state index in [2.05, 4.69) is 5.32 Å². The highest BCUT2D eigenvalue weighted by Gasteiger charge is 2.22. The van der Waals surface area contributed by atoms with E-state index in [1.54, 1.807) is 14.0 Å². The first kappa shape index (κ1) is 16.7. The Balaban J connectivity index is 3.84. The molecule has 0 aromatic heterocycles. The molecule has 0 aliphatic carbocycles. The van der Waals surface area contributed by atoms with E-state index < -0.39 is 11.6 Å². The lowest BCUT2D eigenvalue weighted by Gasteiger charge is -2.23. The van der Waals surface area contributed by atoms with Crippen LogP contribution in [0.1, 0.15) is 19.8 Å². The minimum atomic E-state index is -0.888. The minimum Gasteiger partial charge on any atom is -0.387 e. The molecule has 0 heterocycles. The maximum Gasteiger partial charge on any atom is 0.237 e. The fourth-order valence-electron chi connectivity index (χ4n) is 1.35. The van der Waals surface area contributed by atoms with Crippen molar-refractivity contribution < 1.29 is 14.6 Å². The highest BCUT2D eigenvalue weighted by atomic mass is 32.2. The summed E-state index contributed by atoms with van der Waals surface area (Å²) in [5, 5.41) is 12.5. The molecule has 4 N–H and O–H groups in total. The van der Waals surface area contributed by atoms with Gasteiger partial charge in [0.25, 0.3) is 0 Å². The van der Waals surface area contributed by atoms with Gasteiger partial charge in [0.2, 0.25) is 5.91 Å². The standard InChI is InChI=1S/C11H24N2O3S/c1-11(15,8-17-3)7-13-10(14)9(12)5-4-6-16-2/h9,15H,4-8,12H2,1-3H3,(H,13,14). The van der Waals surface area contributed by atoms with Crippen molar-refractivity contribution in [2.24, 2.45) is 5.73 Å². The molecule has 0 radical (unpaired) electrons. The first-order chi connectivity index (χ1) is 7.93. The Morgan fingerprint density at radius 2 is 2.29 bits per heavy atom. The molecule has 0 bridgehead atoms. The summed E-state index contributed by atoms with van der Waals surface area (Å²) in [6.45, 7) is 2.52. The topological polar surface area (TPSA) is 84.6 Å². The van der Waals surface area contributed by atoms with E-state index in [0.29, 0.717) is 18.8 Å². The van der Waals surface area contributed by atoms with E-state index in [4.69, 9.17) is 10.5 Å². The average molecular weight is 264 g/mol. The summed E-state index contributed by atoms with van der Waals surface area (Å²) in [7, 11) is 1.62. The molecule has 0 saturated heterocycles. The van der Waals surface area contributed by atoms with Crippen molar-refractivity contribution in [2.75, 3.05) is 32.3 Å². The zero-order valence-electron chi connectivity index (χ0n) is 10.9. The van der Waals surface area contributed by atoms with Crippen molar-refractivity contribution in [1.29, 1.82) is 0 Å². The number of ether oxygens (including phenoxy) is 1. The SMILES string of the molecule is COCCCC(N)C(=O)NCC(C)(O)CSC. The number of aliphatic hydroxyl groups is 1. The van der Waals surface area contributed by atoms with Crippen LogP contribution in [0.2, 0.25) is 0 Å². The van der Waals surface area contributed by atoms with Crippen LogP contribution in [0.4, 0.5) is 0 Å². The lowest BCUT2D eigenvalue weighted by atomic mass is 10.1. The van der Waals surface area contributed by atoms with Gasteiger partial charge in [0.15, 0.2) is 0 Å². The summed E-state index contributed by atoms with van der Waals surface area (Å²) < 4.78 is 4.89. The van der Waals surface area contributed by atoms with Crippen LogP contribution in [0.3, 0.4) is 0 Å². The molecule has 102 valence electrons. The molecule has 0 aliphatic rings. The van der Waals surface area contributed by atoms with E-state index in [1.165, 1.54) is 11.8 Å². The second-order valence-electron chi connectivity index (χ2n) is 4.39. The number of carbonyl (C=O) groups is 1. The van der Waals surface area contributed by atoms with Gasteiger partial charge in [-0.15, -0.1) is 0 Å². The number of carbonyl (C=O) groups excluding carboxylic acids is 1. The molecule has 0 aromatic rings. The van der Waals surface area contributed by atoms with Gasteiger partial charge in [-0.2, -0.15) is 11.8 Å². The van der Waals surface area contributed by atoms with E-state index >= 15 is 0 Å². The van der Waals surface area contributed by atoms with Gasteiger partial charge < -0.3 is 20.9 Å². The van der Waals surface area contributed by atoms with E-state index in [1.807, 2.05) is 6.26 Å². The van der Waals surface area contributed by atoms with Gasteiger partial charge in [-0.25, -0.2) is 0 Å². The third kappa shape index (κ3) is 8.43. The molecule has 0 fully saturated rings. The summed E-state index contributed by atoms with van der Waals surface area (Å²) in [6.07, 6.45) is 3.25. The van der Waals surface area contributed by atoms with Crippen molar-refractivity contribution in [3.63, 3.8) is 0 Å². The first-order valence-corrected chi connectivity index (χ1v) is 7.06. The molecule has 0 spiro atoms. The quantitative estimate of drug-likeness (QED) is 0.509. The summed E-state index contributed by atoms with van der Waals surface area (Å²) in [5.74, 6) is 0.356. The zero-order chi connectivity index (χ0) is 13.3. The molecule has 17 heavy (non-hydrogen) atoms. The molecule has 0 aliphatic heterocycles. The number of nitrogens with one attached hydrogen (secondary N) is 1. The Morgan fingerprint density at radius 3 is 2.82 bits per heavy atom. The summed E-state index contributed by atoms with van der Waals surface area (Å²) in [6, 6.07) is -0.532. The summed E-state index contributed by atoms with van der Waals surface area (Å²) in [4.78, 5) is 11.6. The van der Waals surface area contributed by atoms with Crippen LogP contribution < -0.4 is 11.1 Å². The third-order valence-electron chi connectivity index (χ3n) is 2.30. The zero-order valence-corrected chi connectivity index (χ0v) is 11.7. The molecule has 0 saturated carbocycles. The number of hydrogen-bond donors (Lipinski definition) is 3. The van der Waals surface area contributed by atoms with Gasteiger partial charge in [-0.1, -0.05) is 0 Å². The maximum absolute atomic E-state index is 11.6. The Morgan fingerprint density at radius 1 is 1.65 bits per heavy atom. The summed E-state index contributed by atoms with van der Waals surface area (Å²) >= 11 is 1.54. The van der Waals surface area contributed by atoms with E-state index in [0.717, 1.165) is 6.42 Å². The van der Waals surface area contributed by atoms with Gasteiger partial charge in [-0.05, 0) is 26.0 Å². The van der Waals surface area contributed by atoms with Gasteiger partial charge >= 0.3 is 0 Å². The molecule has 2 atom stereocenters. The Bertz CT molecular complexity index is 225. The number of rotatable bonds is 9. The van der Waals surface area contributed by atoms with Crippen LogP contribution in [-0.4, -0.2) is 54.9 Å². The Kier molecular flexibility index (Phi) is 8.59. The van der Waals surface area contributed by atoms with Crippen LogP contribution in [0.5, 0.6) is 0 Å². The molecule has 2 unspecified atom stereocenters. The number of thioether (sulfide) groups is 1. The average Bonchev–Trinajstić information content (AvgIpc) is 2.26. The van der Waals surface area contributed by atoms with E-state index in [9.17, 15) is 9.90 Å². The minimum absolute atomic E-state index is 0.220. The lowest BCUT2D eigenvalue weighted by Crippen LogP contribution is -2.48. The van der Waals surface area contributed by atoms with Crippen LogP contribution >= 0.6 is 11.8 Å². The Hall–Kier alpha value is -0.300. The second-order valence-corrected chi connectivity index (χ2v) is 5.26. The predicted octanol–water partition coefficient (Wildman–Crippen LogP) is -0.0295. The van der Waals surface area contributed by atoms with Crippen molar-refractivity contribution in [3.8, 4) is 0 Å². The number of methoxy groups -OCH3 is 1. The summed E-state index contributed by atoms with van der Waals surface area (Å²) in [5.41, 5.74) is 4.82. The number of amides is 1. The number of hydrogen-bond acceptors (Lipinski definition) is 5. The molecule has 1 amide bonds. The lowest BCUT2D eigenvalue weighted by molar-refractivity contribution is -0.123. The molecule has 0 rings (SSSR count). The monoisotopic (exact) mass is 264 g/mol. The fraction of sp³-hybridized carbons (Fsp3) is 0.909. The van der Waals surface area contributed by atoms with Crippen LogP contribution in [0, 0.1) is 0 Å². The smallest absolute Gasteiger partial charge is 0.237 e. The fourth-order valence-corrected chi connectivity index (χ4v) is 2.07. The molecule has 5 nitrogen and oxygen atoms in total. The van der Waals surface area contributed by atoms with Crippen LogP contribution in [0.25, 0.3) is 0 Å². The first-order valence-electron chi connectivity index (χ1n) is 5.66. The van der Waals surface area contributed by atoms with E-state index in [-0.39, 0.29) is 12.5 Å². The van der Waals surface area contributed by atoms with Gasteiger partial charge in [-0.3, -0.25) is 4.79 Å². The van der Waals surface area contributed by atoms with Gasteiger partial charge in [0.05, 0.1) is 11.6 Å². The largest absolute Gasteiger partial charge is 0.387 e. The normalized spacial score (nSPS) is 16.3. The maximum atomic E-state index is 11.6. The Labute approximate surface area is 107 Å². The molecular formula is C11H24N2O3S. The molecule has 6 heteroatoms. The van der Waals surface area contributed by atoms with Crippen molar-refractivity contribution in [2.45, 2.75) is 31.4 Å². The molecule has 0 aromatic carbocycles. The van der Waals surface area contributed by atoms with Gasteiger partial charge in [0, 0.05) is 26.0 Å². The van der Waals surface area contributed by atoms with Crippen molar-refractivity contribution >= 4 is 17.7 Å². The number of nitrogens with two attached hydrogens (primary N) is 1. The second kappa shape index (κ2) is 8.74. The van der Waals surface area contributed by atoms with Crippen LogP contribution in [0.15, 0.2) is 0 Å². The van der Waals surface area contributed by atoms with Gasteiger partial charge in [0.1, 0.15) is 0 Å². The van der Waals surface area contributed by atoms with Crippen molar-refractivity contribution in [1.82, 2.24) is 5.32 Å². The highest BCUT2D eigenvalue weighted by molar-refractivity contribution is 7.98. The predicted molar refractivity (Wildman–Crippen MR) is 71.1 cm³/mol. The van der Waals surface area contributed by atoms with Crippen molar-refractivity contribution in [3.05, 3.63) is 0 Å². The third-order valence-corrected chi connectivity index (χ3v) is 3.21.